The average Bonchev–Trinajstić information content (AvgIpc) is 2.66. The van der Waals surface area contributed by atoms with Gasteiger partial charge >= 0.3 is 29.9 Å². The van der Waals surface area contributed by atoms with Gasteiger partial charge in [0.25, 0.3) is 5.91 Å². The Hall–Kier alpha value is -2.03. The number of carboxylic acids is 1. The second kappa shape index (κ2) is 9.45. The van der Waals surface area contributed by atoms with E-state index in [4.69, 9.17) is 15.6 Å². The summed E-state index contributed by atoms with van der Waals surface area (Å²) in [4.78, 5) is 23.0. The molecule has 0 unspecified atom stereocenters. The van der Waals surface area contributed by atoms with Gasteiger partial charge in [-0.25, -0.2) is 4.79 Å². The van der Waals surface area contributed by atoms with Crippen LogP contribution in [0, 0.1) is 0 Å². The molecule has 6 nitrogen and oxygen atoms in total. The molecule has 1 amide bonds. The molecule has 0 aromatic carbocycles. The maximum Gasteiger partial charge on any atom is 0.460 e. The van der Waals surface area contributed by atoms with Crippen molar-refractivity contribution in [3.63, 3.8) is 0 Å². The number of hydrogen-bond acceptors (Lipinski definition) is 4. The lowest BCUT2D eigenvalue weighted by atomic mass is 9.87. The van der Waals surface area contributed by atoms with Crippen LogP contribution in [0.5, 0.6) is 0 Å². The summed E-state index contributed by atoms with van der Waals surface area (Å²) in [7, 11) is 0. The summed E-state index contributed by atoms with van der Waals surface area (Å²) < 4.78 is 123. The van der Waals surface area contributed by atoms with Crippen LogP contribution in [0.3, 0.4) is 0 Å². The molecule has 1 aliphatic rings. The predicted octanol–water partition coefficient (Wildman–Crippen LogP) is 3.26. The third kappa shape index (κ3) is 5.13. The number of nitrogens with one attached hydrogen (secondary N) is 1. The smallest absolute Gasteiger partial charge is 0.460 e. The molecule has 186 valence electrons. The second-order valence-corrected chi connectivity index (χ2v) is 7.12. The van der Waals surface area contributed by atoms with Crippen LogP contribution in [0.25, 0.3) is 0 Å². The van der Waals surface area contributed by atoms with E-state index >= 15 is 0 Å². The summed E-state index contributed by atoms with van der Waals surface area (Å²) in [5, 5.41) is 10.4. The maximum absolute atomic E-state index is 13.9. The van der Waals surface area contributed by atoms with E-state index in [0.29, 0.717) is 12.8 Å². The van der Waals surface area contributed by atoms with E-state index in [1.807, 2.05) is 0 Å². The molecule has 4 N–H and O–H groups in total. The number of rotatable bonds is 9. The van der Waals surface area contributed by atoms with Crippen LogP contribution in [0.1, 0.15) is 33.1 Å². The van der Waals surface area contributed by atoms with Crippen molar-refractivity contribution in [1.29, 1.82) is 0 Å². The van der Waals surface area contributed by atoms with Crippen LogP contribution in [0.15, 0.2) is 11.6 Å². The molecular weight excluding hydrogens is 467 g/mol. The molecule has 1 aliphatic carbocycles. The molecule has 0 aromatic heterocycles. The van der Waals surface area contributed by atoms with Crippen LogP contribution in [0.4, 0.5) is 39.5 Å². The van der Waals surface area contributed by atoms with E-state index in [1.165, 1.54) is 5.32 Å². The minimum absolute atomic E-state index is 0.311. The lowest BCUT2D eigenvalue weighted by Gasteiger charge is -2.38. The van der Waals surface area contributed by atoms with Crippen molar-refractivity contribution in [2.24, 2.45) is 5.73 Å². The van der Waals surface area contributed by atoms with Crippen molar-refractivity contribution in [2.75, 3.05) is 0 Å². The van der Waals surface area contributed by atoms with Crippen LogP contribution < -0.4 is 11.1 Å². The fourth-order valence-corrected chi connectivity index (χ4v) is 2.93. The Morgan fingerprint density at radius 3 is 2.00 bits per heavy atom. The van der Waals surface area contributed by atoms with Crippen molar-refractivity contribution in [1.82, 2.24) is 5.32 Å². The average molecular weight is 488 g/mol. The molecule has 3 atom stereocenters. The lowest BCUT2D eigenvalue weighted by Crippen LogP contribution is -2.68. The number of ether oxygens (including phenoxy) is 1. The van der Waals surface area contributed by atoms with Gasteiger partial charge in [0, 0.05) is 11.6 Å². The highest BCUT2D eigenvalue weighted by atomic mass is 19.4. The van der Waals surface area contributed by atoms with Crippen molar-refractivity contribution < 1.29 is 58.9 Å². The molecule has 0 heterocycles. The number of carbonyl (C=O) groups is 2. The van der Waals surface area contributed by atoms with Gasteiger partial charge in [-0.15, -0.1) is 0 Å². The van der Waals surface area contributed by atoms with Gasteiger partial charge in [0.05, 0.1) is 18.2 Å². The van der Waals surface area contributed by atoms with E-state index in [1.54, 1.807) is 13.8 Å². The van der Waals surface area contributed by atoms with Gasteiger partial charge in [-0.3, -0.25) is 4.79 Å². The van der Waals surface area contributed by atoms with E-state index in [-0.39, 0.29) is 5.57 Å². The van der Waals surface area contributed by atoms with E-state index < -0.39 is 66.5 Å². The van der Waals surface area contributed by atoms with Crippen LogP contribution in [0.2, 0.25) is 0 Å². The highest BCUT2D eigenvalue weighted by Crippen LogP contribution is 2.53. The topological polar surface area (TPSA) is 102 Å². The van der Waals surface area contributed by atoms with Crippen molar-refractivity contribution in [3.8, 4) is 0 Å². The Morgan fingerprint density at radius 2 is 1.59 bits per heavy atom. The van der Waals surface area contributed by atoms with Gasteiger partial charge in [-0.05, 0) is 25.3 Å². The molecule has 0 fully saturated rings. The van der Waals surface area contributed by atoms with Crippen LogP contribution in [-0.2, 0) is 14.3 Å². The molecule has 0 spiro atoms. The normalized spacial score (nSPS) is 23.2. The van der Waals surface area contributed by atoms with Gasteiger partial charge < -0.3 is 20.9 Å². The Morgan fingerprint density at radius 1 is 1.09 bits per heavy atom. The molecule has 1 rings (SSSR count). The van der Waals surface area contributed by atoms with Crippen molar-refractivity contribution in [3.05, 3.63) is 11.6 Å². The largest absolute Gasteiger partial charge is 0.478 e. The predicted molar refractivity (Wildman–Crippen MR) is 90.4 cm³/mol. The highest BCUT2D eigenvalue weighted by molar-refractivity contribution is 5.88. The summed E-state index contributed by atoms with van der Waals surface area (Å²) in [6.07, 6.45) is -8.35. The number of carbonyl (C=O) groups excluding carboxylic acids is 1. The molecule has 0 radical (unpaired) electrons. The van der Waals surface area contributed by atoms with E-state index in [0.717, 1.165) is 6.08 Å². The SMILES string of the molecule is CCC(CC)O[C@@H]1C=C(C(=O)O)C[C@H](N)[C@H]1NC(=O)C(F)(F)C(F)(F)C(F)(F)C(F)(F)F. The number of alkyl halides is 9. The molecule has 0 saturated carbocycles. The number of halogens is 9. The fraction of sp³-hybridized carbons (Fsp3) is 0.765. The number of aliphatic carboxylic acids is 1. The maximum atomic E-state index is 13.9. The lowest BCUT2D eigenvalue weighted by molar-refractivity contribution is -0.388. The summed E-state index contributed by atoms with van der Waals surface area (Å²) in [6, 6.07) is -3.35. The van der Waals surface area contributed by atoms with Gasteiger partial charge in [-0.1, -0.05) is 13.8 Å². The highest BCUT2D eigenvalue weighted by Gasteiger charge is 2.83. The van der Waals surface area contributed by atoms with E-state index in [9.17, 15) is 49.1 Å². The zero-order valence-electron chi connectivity index (χ0n) is 16.7. The van der Waals surface area contributed by atoms with Crippen LogP contribution >= 0.6 is 0 Å². The van der Waals surface area contributed by atoms with Gasteiger partial charge in [0.15, 0.2) is 0 Å². The van der Waals surface area contributed by atoms with E-state index in [2.05, 4.69) is 0 Å². The fourth-order valence-electron chi connectivity index (χ4n) is 2.93. The molecule has 0 aliphatic heterocycles. The van der Waals surface area contributed by atoms with Gasteiger partial charge in [0.1, 0.15) is 0 Å². The van der Waals surface area contributed by atoms with Gasteiger partial charge in [0.2, 0.25) is 0 Å². The summed E-state index contributed by atoms with van der Waals surface area (Å²) >= 11 is 0. The first kappa shape index (κ1) is 28.0. The first-order valence-corrected chi connectivity index (χ1v) is 9.21. The Kier molecular flexibility index (Phi) is 8.27. The summed E-state index contributed by atoms with van der Waals surface area (Å²) in [5.74, 6) is -25.5. The minimum Gasteiger partial charge on any atom is -0.478 e. The van der Waals surface area contributed by atoms with Gasteiger partial charge in [-0.2, -0.15) is 39.5 Å². The number of hydrogen-bond donors (Lipinski definition) is 3. The molecule has 32 heavy (non-hydrogen) atoms. The summed E-state index contributed by atoms with van der Waals surface area (Å²) in [5.41, 5.74) is 5.29. The Bertz CT molecular complexity index is 736. The monoisotopic (exact) mass is 488 g/mol. The number of amides is 1. The summed E-state index contributed by atoms with van der Waals surface area (Å²) in [6.45, 7) is 3.25. The molecule has 0 bridgehead atoms. The molecular formula is C17H21F9N2O4. The molecule has 0 saturated heterocycles. The molecule has 15 heteroatoms. The zero-order chi connectivity index (χ0) is 25.3. The Balaban J connectivity index is 3.30. The minimum atomic E-state index is -7.24. The second-order valence-electron chi connectivity index (χ2n) is 7.12. The standard InChI is InChI=1S/C17H21F9N2O4/c1-3-8(4-2)32-10-6-7(12(29)30)5-9(27)11(10)28-13(31)14(18,19)15(20,21)16(22,23)17(24,25)26/h6,8-11H,3-5,27H2,1-2H3,(H,28,31)(H,29,30)/t9-,10+,11+/m0/s1. The van der Waals surface area contributed by atoms with Crippen molar-refractivity contribution in [2.45, 2.75) is 81.3 Å². The third-order valence-electron chi connectivity index (χ3n) is 4.90. The number of carboxylic acid groups (broad SMARTS) is 1. The third-order valence-corrected chi connectivity index (χ3v) is 4.90. The molecule has 0 aromatic rings. The first-order valence-electron chi connectivity index (χ1n) is 9.21. The van der Waals surface area contributed by atoms with Crippen LogP contribution in [-0.4, -0.2) is 65.2 Å². The van der Waals surface area contributed by atoms with Crippen molar-refractivity contribution >= 4 is 11.9 Å². The quantitative estimate of drug-likeness (QED) is 0.433. The zero-order valence-corrected chi connectivity index (χ0v) is 16.7. The number of nitrogens with two attached hydrogens (primary N) is 1. The Labute approximate surface area is 175 Å². The first-order chi connectivity index (χ1) is 14.3.